The van der Waals surface area contributed by atoms with Gasteiger partial charge in [-0.2, -0.15) is 0 Å². The minimum atomic E-state index is -0.796. The van der Waals surface area contributed by atoms with E-state index in [0.717, 1.165) is 0 Å². The number of piperazine rings is 1. The fourth-order valence-corrected chi connectivity index (χ4v) is 3.89. The van der Waals surface area contributed by atoms with Crippen LogP contribution in [0.25, 0.3) is 0 Å². The number of amides is 1. The molecule has 0 radical (unpaired) electrons. The third-order valence-corrected chi connectivity index (χ3v) is 5.18. The van der Waals surface area contributed by atoms with Gasteiger partial charge < -0.3 is 19.2 Å². The third-order valence-electron chi connectivity index (χ3n) is 5.18. The normalized spacial score (nSPS) is 31.6. The molecular formula is C16H20N4O6. The molecule has 10 nitrogen and oxygen atoms in total. The molecule has 0 N–H and O–H groups in total. The Hall–Kier alpha value is -2.30. The molecule has 3 saturated heterocycles. The lowest BCUT2D eigenvalue weighted by molar-refractivity contribution is -0.769. The number of fused-ring (bicyclic) bond motifs is 1. The van der Waals surface area contributed by atoms with E-state index in [2.05, 4.69) is 14.7 Å². The predicted octanol–water partition coefficient (Wildman–Crippen LogP) is -0.417. The van der Waals surface area contributed by atoms with Crippen LogP contribution in [0.5, 0.6) is 0 Å². The number of ether oxygens (including phenoxy) is 2. The molecule has 4 rings (SSSR count). The van der Waals surface area contributed by atoms with Crippen LogP contribution in [0.3, 0.4) is 0 Å². The maximum Gasteiger partial charge on any atom is 0.294 e. The van der Waals surface area contributed by atoms with Crippen molar-refractivity contribution in [3.05, 3.63) is 40.2 Å². The Bertz CT molecular complexity index is 666. The highest BCUT2D eigenvalue weighted by Crippen LogP contribution is 2.32. The zero-order chi connectivity index (χ0) is 18.1. The van der Waals surface area contributed by atoms with Gasteiger partial charge in [0.25, 0.3) is 11.0 Å². The minimum Gasteiger partial charge on any atom is -0.371 e. The summed E-state index contributed by atoms with van der Waals surface area (Å²) in [6.07, 6.45) is 1.89. The predicted molar refractivity (Wildman–Crippen MR) is 86.8 cm³/mol. The van der Waals surface area contributed by atoms with Crippen LogP contribution in [-0.4, -0.2) is 89.5 Å². The molecule has 0 aromatic carbocycles. The van der Waals surface area contributed by atoms with E-state index in [4.69, 9.17) is 9.47 Å². The Morgan fingerprint density at radius 3 is 2.69 bits per heavy atom. The van der Waals surface area contributed by atoms with E-state index < -0.39 is 17.3 Å². The second-order valence-electron chi connectivity index (χ2n) is 6.60. The van der Waals surface area contributed by atoms with E-state index in [9.17, 15) is 14.9 Å². The van der Waals surface area contributed by atoms with Crippen LogP contribution in [0.2, 0.25) is 0 Å². The molecule has 1 aromatic heterocycles. The standard InChI is InChI=1S/C16H20N4O6/c21-16(11-2-1-3-17-8-11)19-6-4-18(5-7-19)12-9-24-15-13(26-20(22)23)10-25-14(12)15/h1-3,8,12-15H,4-7,9-10H2/t12-,13-,14+,15+/m0/s1. The number of nitrogens with zero attached hydrogens (tertiary/aromatic N) is 4. The van der Waals surface area contributed by atoms with Gasteiger partial charge in [0.2, 0.25) is 0 Å². The first-order chi connectivity index (χ1) is 12.6. The maximum absolute atomic E-state index is 12.5. The second-order valence-corrected chi connectivity index (χ2v) is 6.60. The topological polar surface area (TPSA) is 107 Å². The molecule has 140 valence electrons. The number of carbonyl (C=O) groups excluding carboxylic acids is 1. The first kappa shape index (κ1) is 17.1. The van der Waals surface area contributed by atoms with Gasteiger partial charge in [0.15, 0.2) is 6.10 Å². The fourth-order valence-electron chi connectivity index (χ4n) is 3.89. The van der Waals surface area contributed by atoms with Crippen molar-refractivity contribution in [1.82, 2.24) is 14.8 Å². The molecule has 0 spiro atoms. The van der Waals surface area contributed by atoms with Crippen LogP contribution >= 0.6 is 0 Å². The maximum atomic E-state index is 12.5. The summed E-state index contributed by atoms with van der Waals surface area (Å²) < 4.78 is 11.4. The molecular weight excluding hydrogens is 344 g/mol. The number of rotatable bonds is 4. The van der Waals surface area contributed by atoms with Crippen LogP contribution in [-0.2, 0) is 14.3 Å². The van der Waals surface area contributed by atoms with Crippen molar-refractivity contribution >= 4 is 5.91 Å². The van der Waals surface area contributed by atoms with Gasteiger partial charge in [0, 0.05) is 38.6 Å². The molecule has 0 aliphatic carbocycles. The molecule has 4 atom stereocenters. The van der Waals surface area contributed by atoms with Crippen molar-refractivity contribution in [2.75, 3.05) is 39.4 Å². The van der Waals surface area contributed by atoms with Crippen LogP contribution in [0.4, 0.5) is 0 Å². The zero-order valence-corrected chi connectivity index (χ0v) is 14.1. The van der Waals surface area contributed by atoms with E-state index >= 15 is 0 Å². The summed E-state index contributed by atoms with van der Waals surface area (Å²) >= 11 is 0. The third kappa shape index (κ3) is 3.22. The van der Waals surface area contributed by atoms with Gasteiger partial charge >= 0.3 is 0 Å². The first-order valence-electron chi connectivity index (χ1n) is 8.61. The Labute approximate surface area is 149 Å². The second kappa shape index (κ2) is 7.14. The van der Waals surface area contributed by atoms with Gasteiger partial charge in [0.1, 0.15) is 12.2 Å². The Morgan fingerprint density at radius 2 is 2.00 bits per heavy atom. The summed E-state index contributed by atoms with van der Waals surface area (Å²) in [5, 5.41) is 9.77. The van der Waals surface area contributed by atoms with Crippen molar-refractivity contribution in [3.8, 4) is 0 Å². The SMILES string of the molecule is O=C(c1cccnc1)N1CCN([C@H]2CO[C@H]3[C@@H]2OC[C@@H]3O[N+](=O)[O-])CC1. The van der Waals surface area contributed by atoms with Crippen LogP contribution < -0.4 is 0 Å². The van der Waals surface area contributed by atoms with Gasteiger partial charge in [-0.25, -0.2) is 0 Å². The quantitative estimate of drug-likeness (QED) is 0.524. The van der Waals surface area contributed by atoms with Crippen LogP contribution in [0, 0.1) is 10.1 Å². The molecule has 1 amide bonds. The molecule has 3 fully saturated rings. The summed E-state index contributed by atoms with van der Waals surface area (Å²) in [6, 6.07) is 3.54. The molecule has 0 saturated carbocycles. The lowest BCUT2D eigenvalue weighted by Crippen LogP contribution is -2.55. The molecule has 4 heterocycles. The van der Waals surface area contributed by atoms with Gasteiger partial charge in [-0.05, 0) is 12.1 Å². The zero-order valence-electron chi connectivity index (χ0n) is 14.1. The highest BCUT2D eigenvalue weighted by atomic mass is 17.0. The molecule has 0 unspecified atom stereocenters. The summed E-state index contributed by atoms with van der Waals surface area (Å²) in [5.41, 5.74) is 0.587. The van der Waals surface area contributed by atoms with Crippen molar-refractivity contribution in [3.63, 3.8) is 0 Å². The van der Waals surface area contributed by atoms with Gasteiger partial charge in [-0.3, -0.25) is 14.7 Å². The molecule has 10 heteroatoms. The van der Waals surface area contributed by atoms with E-state index in [1.165, 1.54) is 0 Å². The largest absolute Gasteiger partial charge is 0.371 e. The summed E-state index contributed by atoms with van der Waals surface area (Å²) in [4.78, 5) is 35.7. The number of carbonyl (C=O) groups is 1. The van der Waals surface area contributed by atoms with Gasteiger partial charge in [-0.15, -0.1) is 10.1 Å². The van der Waals surface area contributed by atoms with Crippen LogP contribution in [0.15, 0.2) is 24.5 Å². The van der Waals surface area contributed by atoms with E-state index in [1.807, 2.05) is 4.90 Å². The Balaban J connectivity index is 1.33. The molecule has 26 heavy (non-hydrogen) atoms. The molecule has 3 aliphatic heterocycles. The minimum absolute atomic E-state index is 0.0186. The monoisotopic (exact) mass is 364 g/mol. The fraction of sp³-hybridized carbons (Fsp3) is 0.625. The number of hydrogen-bond acceptors (Lipinski definition) is 8. The smallest absolute Gasteiger partial charge is 0.294 e. The lowest BCUT2D eigenvalue weighted by Gasteiger charge is -2.38. The van der Waals surface area contributed by atoms with Crippen molar-refractivity contribution in [2.45, 2.75) is 24.4 Å². The van der Waals surface area contributed by atoms with Crippen molar-refractivity contribution in [1.29, 1.82) is 0 Å². The number of pyridine rings is 1. The highest BCUT2D eigenvalue weighted by molar-refractivity contribution is 5.93. The van der Waals surface area contributed by atoms with E-state index in [-0.39, 0.29) is 24.7 Å². The van der Waals surface area contributed by atoms with E-state index in [0.29, 0.717) is 38.3 Å². The Morgan fingerprint density at radius 1 is 1.23 bits per heavy atom. The molecule has 1 aromatic rings. The summed E-state index contributed by atoms with van der Waals surface area (Å²) in [6.45, 7) is 3.23. The average molecular weight is 364 g/mol. The number of hydrogen-bond donors (Lipinski definition) is 0. The molecule has 0 bridgehead atoms. The lowest BCUT2D eigenvalue weighted by atomic mass is 10.1. The van der Waals surface area contributed by atoms with E-state index in [1.54, 1.807) is 24.5 Å². The van der Waals surface area contributed by atoms with Crippen molar-refractivity contribution < 1.29 is 24.2 Å². The average Bonchev–Trinajstić information content (AvgIpc) is 3.25. The highest BCUT2D eigenvalue weighted by Gasteiger charge is 2.51. The van der Waals surface area contributed by atoms with Gasteiger partial charge in [-0.1, -0.05) is 0 Å². The Kier molecular flexibility index (Phi) is 4.70. The summed E-state index contributed by atoms with van der Waals surface area (Å²) in [7, 11) is 0. The van der Waals surface area contributed by atoms with Crippen molar-refractivity contribution in [2.24, 2.45) is 0 Å². The molecule has 3 aliphatic rings. The van der Waals surface area contributed by atoms with Gasteiger partial charge in [0.05, 0.1) is 24.8 Å². The first-order valence-corrected chi connectivity index (χ1v) is 8.61. The van der Waals surface area contributed by atoms with Crippen LogP contribution in [0.1, 0.15) is 10.4 Å². The number of aromatic nitrogens is 1. The summed E-state index contributed by atoms with van der Waals surface area (Å²) in [5.74, 6) is -0.0186.